The molecule has 20 heavy (non-hydrogen) atoms. The monoisotopic (exact) mass is 283 g/mol. The van der Waals surface area contributed by atoms with Crippen LogP contribution in [0.2, 0.25) is 0 Å². The largest absolute Gasteiger partial charge is 0.299 e. The van der Waals surface area contributed by atoms with E-state index in [2.05, 4.69) is 16.4 Å². The highest BCUT2D eigenvalue weighted by Gasteiger charge is 2.29. The number of pyridine rings is 1. The van der Waals surface area contributed by atoms with Crippen molar-refractivity contribution in [3.8, 4) is 6.07 Å². The Morgan fingerprint density at radius 3 is 2.55 bits per heavy atom. The van der Waals surface area contributed by atoms with Crippen LogP contribution in [0.25, 0.3) is 0 Å². The molecule has 1 heterocycles. The number of hydrogen-bond acceptors (Lipinski definition) is 4. The minimum Gasteiger partial charge on any atom is -0.299 e. The number of nitrogens with zero attached hydrogens (tertiary/aromatic N) is 2. The van der Waals surface area contributed by atoms with Gasteiger partial charge in [0.05, 0.1) is 11.1 Å². The molecule has 0 aliphatic rings. The zero-order valence-corrected chi connectivity index (χ0v) is 12.2. The third-order valence-electron chi connectivity index (χ3n) is 3.25. The van der Waals surface area contributed by atoms with Gasteiger partial charge in [0.1, 0.15) is 5.54 Å². The van der Waals surface area contributed by atoms with E-state index in [9.17, 15) is 5.26 Å². The summed E-state index contributed by atoms with van der Waals surface area (Å²) in [5.41, 5.74) is 0.370. The van der Waals surface area contributed by atoms with Crippen LogP contribution in [0.5, 0.6) is 0 Å². The molecule has 0 aliphatic heterocycles. The molecule has 0 fully saturated rings. The number of rotatable bonds is 6. The highest BCUT2D eigenvalue weighted by Crippen LogP contribution is 2.27. The van der Waals surface area contributed by atoms with Crippen LogP contribution in [0.1, 0.15) is 12.0 Å². The summed E-state index contributed by atoms with van der Waals surface area (Å²) in [6, 6.07) is 18.2. The van der Waals surface area contributed by atoms with E-state index >= 15 is 0 Å². The summed E-state index contributed by atoms with van der Waals surface area (Å²) in [6.45, 7) is 0. The maximum atomic E-state index is 9.59. The van der Waals surface area contributed by atoms with Gasteiger partial charge in [0.2, 0.25) is 0 Å². The van der Waals surface area contributed by atoms with Gasteiger partial charge in [-0.3, -0.25) is 5.32 Å². The predicted octanol–water partition coefficient (Wildman–Crippen LogP) is 3.20. The molecule has 4 heteroatoms. The summed E-state index contributed by atoms with van der Waals surface area (Å²) >= 11 is 1.67. The van der Waals surface area contributed by atoms with Gasteiger partial charge >= 0.3 is 0 Å². The third-order valence-corrected chi connectivity index (χ3v) is 4.19. The van der Waals surface area contributed by atoms with E-state index in [0.29, 0.717) is 0 Å². The van der Waals surface area contributed by atoms with Crippen LogP contribution in [-0.4, -0.2) is 17.8 Å². The van der Waals surface area contributed by atoms with Crippen molar-refractivity contribution in [1.29, 1.82) is 5.26 Å². The second-order valence-electron chi connectivity index (χ2n) is 4.40. The van der Waals surface area contributed by atoms with Crippen molar-refractivity contribution in [2.45, 2.75) is 17.0 Å². The Morgan fingerprint density at radius 2 is 1.95 bits per heavy atom. The molecule has 0 spiro atoms. The standard InChI is InChI=1S/C16H17N3S/c1-18-16(13-17,14-7-3-2-4-8-14)10-12-20-15-9-5-6-11-19-15/h2-9,11,18H,10,12H2,1H3. The van der Waals surface area contributed by atoms with Crippen LogP contribution in [-0.2, 0) is 5.54 Å². The first-order chi connectivity index (χ1) is 9.80. The van der Waals surface area contributed by atoms with Gasteiger partial charge in [-0.25, -0.2) is 4.98 Å². The first-order valence-corrected chi connectivity index (χ1v) is 7.49. The Balaban J connectivity index is 2.05. The molecule has 0 aliphatic carbocycles. The summed E-state index contributed by atoms with van der Waals surface area (Å²) < 4.78 is 0. The van der Waals surface area contributed by atoms with Crippen molar-refractivity contribution in [3.05, 3.63) is 60.3 Å². The molecule has 102 valence electrons. The SMILES string of the molecule is CNC(C#N)(CCSc1ccccn1)c1ccccc1. The van der Waals surface area contributed by atoms with Crippen molar-refractivity contribution >= 4 is 11.8 Å². The summed E-state index contributed by atoms with van der Waals surface area (Å²) in [4.78, 5) is 4.28. The zero-order valence-electron chi connectivity index (χ0n) is 11.4. The summed E-state index contributed by atoms with van der Waals surface area (Å²) in [7, 11) is 1.83. The van der Waals surface area contributed by atoms with Crippen molar-refractivity contribution in [2.75, 3.05) is 12.8 Å². The number of benzene rings is 1. The van der Waals surface area contributed by atoms with Gasteiger partial charge in [0.15, 0.2) is 0 Å². The maximum absolute atomic E-state index is 9.59. The van der Waals surface area contributed by atoms with Crippen molar-refractivity contribution in [3.63, 3.8) is 0 Å². The van der Waals surface area contributed by atoms with E-state index in [1.807, 2.05) is 55.6 Å². The highest BCUT2D eigenvalue weighted by molar-refractivity contribution is 7.99. The lowest BCUT2D eigenvalue weighted by Gasteiger charge is -2.26. The smallest absolute Gasteiger partial charge is 0.132 e. The molecule has 2 aromatic rings. The first-order valence-electron chi connectivity index (χ1n) is 6.50. The first kappa shape index (κ1) is 14.6. The van der Waals surface area contributed by atoms with Gasteiger partial charge in [-0.1, -0.05) is 36.4 Å². The number of thioether (sulfide) groups is 1. The van der Waals surface area contributed by atoms with Gasteiger partial charge in [-0.05, 0) is 31.2 Å². The zero-order chi connectivity index (χ0) is 14.3. The van der Waals surface area contributed by atoms with Crippen LogP contribution < -0.4 is 5.32 Å². The van der Waals surface area contributed by atoms with E-state index in [1.165, 1.54) is 0 Å². The van der Waals surface area contributed by atoms with E-state index in [0.717, 1.165) is 22.8 Å². The van der Waals surface area contributed by atoms with Crippen LogP contribution >= 0.6 is 11.8 Å². The molecular formula is C16H17N3S. The average Bonchev–Trinajstić information content (AvgIpc) is 2.54. The van der Waals surface area contributed by atoms with Gasteiger partial charge < -0.3 is 0 Å². The normalized spacial score (nSPS) is 13.4. The van der Waals surface area contributed by atoms with Crippen LogP contribution in [0.15, 0.2) is 59.8 Å². The fourth-order valence-electron chi connectivity index (χ4n) is 2.05. The topological polar surface area (TPSA) is 48.7 Å². The second kappa shape index (κ2) is 7.09. The second-order valence-corrected chi connectivity index (χ2v) is 5.51. The molecule has 1 aromatic carbocycles. The Kier molecular flexibility index (Phi) is 5.16. The molecule has 1 aromatic heterocycles. The number of nitrogens with one attached hydrogen (secondary N) is 1. The average molecular weight is 283 g/mol. The maximum Gasteiger partial charge on any atom is 0.132 e. The Bertz CT molecular complexity index is 565. The molecule has 2 rings (SSSR count). The predicted molar refractivity (Wildman–Crippen MR) is 82.4 cm³/mol. The molecule has 0 amide bonds. The van der Waals surface area contributed by atoms with Gasteiger partial charge in [-0.15, -0.1) is 11.8 Å². The lowest BCUT2D eigenvalue weighted by Crippen LogP contribution is -2.39. The molecule has 3 nitrogen and oxygen atoms in total. The lowest BCUT2D eigenvalue weighted by molar-refractivity contribution is 0.457. The van der Waals surface area contributed by atoms with Gasteiger partial charge in [0, 0.05) is 11.9 Å². The third kappa shape index (κ3) is 3.38. The van der Waals surface area contributed by atoms with E-state index < -0.39 is 5.54 Å². The van der Waals surface area contributed by atoms with E-state index in [-0.39, 0.29) is 0 Å². The molecule has 0 radical (unpaired) electrons. The number of aromatic nitrogens is 1. The Hall–Kier alpha value is -1.83. The van der Waals surface area contributed by atoms with Gasteiger partial charge in [-0.2, -0.15) is 5.26 Å². The number of nitriles is 1. The number of hydrogen-bond donors (Lipinski definition) is 1. The van der Waals surface area contributed by atoms with Crippen LogP contribution in [0.3, 0.4) is 0 Å². The molecule has 0 saturated carbocycles. The van der Waals surface area contributed by atoms with Crippen LogP contribution in [0, 0.1) is 11.3 Å². The van der Waals surface area contributed by atoms with E-state index in [4.69, 9.17) is 0 Å². The van der Waals surface area contributed by atoms with Crippen molar-refractivity contribution in [1.82, 2.24) is 10.3 Å². The van der Waals surface area contributed by atoms with Crippen molar-refractivity contribution < 1.29 is 0 Å². The summed E-state index contributed by atoms with van der Waals surface area (Å²) in [5, 5.41) is 13.8. The highest BCUT2D eigenvalue weighted by atomic mass is 32.2. The summed E-state index contributed by atoms with van der Waals surface area (Å²) in [6.07, 6.45) is 2.51. The minimum atomic E-state index is -0.636. The molecule has 1 atom stereocenters. The van der Waals surface area contributed by atoms with Crippen molar-refractivity contribution in [2.24, 2.45) is 0 Å². The van der Waals surface area contributed by atoms with Gasteiger partial charge in [0.25, 0.3) is 0 Å². The Labute approximate surface area is 124 Å². The molecule has 0 bridgehead atoms. The molecular weight excluding hydrogens is 266 g/mol. The van der Waals surface area contributed by atoms with E-state index in [1.54, 1.807) is 18.0 Å². The fraction of sp³-hybridized carbons (Fsp3) is 0.250. The fourth-order valence-corrected chi connectivity index (χ4v) is 2.98. The quantitative estimate of drug-likeness (QED) is 0.827. The lowest BCUT2D eigenvalue weighted by atomic mass is 9.89. The Morgan fingerprint density at radius 1 is 1.20 bits per heavy atom. The molecule has 0 saturated heterocycles. The summed E-state index contributed by atoms with van der Waals surface area (Å²) in [5.74, 6) is 0.834. The molecule has 1 unspecified atom stereocenters. The van der Waals surface area contributed by atoms with Crippen LogP contribution in [0.4, 0.5) is 0 Å². The molecule has 1 N–H and O–H groups in total. The minimum absolute atomic E-state index is 0.636.